The van der Waals surface area contributed by atoms with Gasteiger partial charge in [0.15, 0.2) is 0 Å². The van der Waals surface area contributed by atoms with Gasteiger partial charge in [-0.15, -0.1) is 0 Å². The second-order valence-electron chi connectivity index (χ2n) is 3.93. The van der Waals surface area contributed by atoms with Gasteiger partial charge in [0, 0.05) is 13.1 Å². The van der Waals surface area contributed by atoms with Gasteiger partial charge in [-0.05, 0) is 19.1 Å². The van der Waals surface area contributed by atoms with Crippen LogP contribution in [-0.4, -0.2) is 17.2 Å². The minimum atomic E-state index is 0.339. The first-order valence-corrected chi connectivity index (χ1v) is 5.21. The van der Waals surface area contributed by atoms with Gasteiger partial charge in [-0.3, -0.25) is 0 Å². The molecule has 0 saturated heterocycles. The first kappa shape index (κ1) is 11.3. The Labute approximate surface area is 99.2 Å². The van der Waals surface area contributed by atoms with E-state index in [2.05, 4.69) is 10.1 Å². The van der Waals surface area contributed by atoms with E-state index in [1.54, 1.807) is 6.07 Å². The highest BCUT2D eigenvalue weighted by Gasteiger charge is 2.08. The van der Waals surface area contributed by atoms with E-state index in [1.807, 2.05) is 31.0 Å². The van der Waals surface area contributed by atoms with E-state index < -0.39 is 0 Å². The maximum absolute atomic E-state index is 5.66. The van der Waals surface area contributed by atoms with Crippen LogP contribution in [0.2, 0.25) is 0 Å². The second kappa shape index (κ2) is 4.32. The third-order valence-electron chi connectivity index (χ3n) is 2.41. The maximum atomic E-state index is 5.66. The average molecular weight is 233 g/mol. The Morgan fingerprint density at radius 1 is 1.35 bits per heavy atom. The molecule has 2 rings (SSSR count). The molecule has 0 aromatic carbocycles. The third-order valence-corrected chi connectivity index (χ3v) is 2.41. The zero-order chi connectivity index (χ0) is 12.4. The van der Waals surface area contributed by atoms with Crippen LogP contribution < -0.4 is 16.4 Å². The molecule has 0 fully saturated rings. The molecule has 0 aliphatic rings. The zero-order valence-electron chi connectivity index (χ0n) is 9.84. The van der Waals surface area contributed by atoms with Gasteiger partial charge in [0.05, 0.1) is 12.2 Å². The summed E-state index contributed by atoms with van der Waals surface area (Å²) >= 11 is 0. The number of nitrogen functional groups attached to an aromatic ring is 2. The number of hydrogen-bond acceptors (Lipinski definition) is 6. The third kappa shape index (κ3) is 2.47. The minimum Gasteiger partial charge on any atom is -0.396 e. The van der Waals surface area contributed by atoms with E-state index in [0.29, 0.717) is 18.1 Å². The van der Waals surface area contributed by atoms with Crippen molar-refractivity contribution in [3.8, 4) is 0 Å². The van der Waals surface area contributed by atoms with Gasteiger partial charge in [-0.25, -0.2) is 4.98 Å². The lowest BCUT2D eigenvalue weighted by Gasteiger charge is -2.17. The van der Waals surface area contributed by atoms with Crippen molar-refractivity contribution in [2.75, 3.05) is 23.4 Å². The topological polar surface area (TPSA) is 94.2 Å². The van der Waals surface area contributed by atoms with Gasteiger partial charge in [0.25, 0.3) is 0 Å². The zero-order valence-corrected chi connectivity index (χ0v) is 9.84. The Morgan fingerprint density at radius 3 is 2.71 bits per heavy atom. The highest BCUT2D eigenvalue weighted by atomic mass is 16.5. The van der Waals surface area contributed by atoms with Crippen LogP contribution in [-0.2, 0) is 6.54 Å². The van der Waals surface area contributed by atoms with Crippen LogP contribution >= 0.6 is 0 Å². The fourth-order valence-corrected chi connectivity index (χ4v) is 1.50. The minimum absolute atomic E-state index is 0.339. The summed E-state index contributed by atoms with van der Waals surface area (Å²) in [4.78, 5) is 6.12. The molecule has 0 aliphatic heterocycles. The lowest BCUT2D eigenvalue weighted by atomic mass is 10.3. The normalized spacial score (nSPS) is 10.5. The molecule has 17 heavy (non-hydrogen) atoms. The summed E-state index contributed by atoms with van der Waals surface area (Å²) in [5, 5.41) is 3.92. The van der Waals surface area contributed by atoms with Gasteiger partial charge in [0.2, 0.25) is 0 Å². The molecule has 0 atom stereocenters. The Morgan fingerprint density at radius 2 is 2.12 bits per heavy atom. The fraction of sp³-hybridized carbons (Fsp3) is 0.273. The Bertz CT molecular complexity index is 522. The summed E-state index contributed by atoms with van der Waals surface area (Å²) < 4.78 is 5.00. The van der Waals surface area contributed by atoms with E-state index in [0.717, 1.165) is 17.3 Å². The van der Waals surface area contributed by atoms with Crippen LogP contribution in [0.3, 0.4) is 0 Å². The molecule has 0 aliphatic carbocycles. The number of nitrogens with zero attached hydrogens (tertiary/aromatic N) is 3. The van der Waals surface area contributed by atoms with Crippen LogP contribution in [0.25, 0.3) is 0 Å². The van der Waals surface area contributed by atoms with Crippen LogP contribution in [0.5, 0.6) is 0 Å². The van der Waals surface area contributed by atoms with Crippen molar-refractivity contribution in [2.24, 2.45) is 0 Å². The highest BCUT2D eigenvalue weighted by Crippen LogP contribution is 2.18. The smallest absolute Gasteiger partial charge is 0.149 e. The summed E-state index contributed by atoms with van der Waals surface area (Å²) in [6.45, 7) is 2.46. The van der Waals surface area contributed by atoms with Crippen LogP contribution in [0.1, 0.15) is 11.5 Å². The molecular weight excluding hydrogens is 218 g/mol. The molecule has 2 aromatic heterocycles. The van der Waals surface area contributed by atoms with Crippen molar-refractivity contribution in [2.45, 2.75) is 13.5 Å². The molecule has 2 heterocycles. The first-order chi connectivity index (χ1) is 8.06. The van der Waals surface area contributed by atoms with Gasteiger partial charge in [-0.2, -0.15) is 0 Å². The highest BCUT2D eigenvalue weighted by molar-refractivity contribution is 5.62. The molecule has 0 amide bonds. The predicted molar refractivity (Wildman–Crippen MR) is 66.4 cm³/mol. The van der Waals surface area contributed by atoms with Gasteiger partial charge in [0.1, 0.15) is 23.1 Å². The molecule has 0 unspecified atom stereocenters. The largest absolute Gasteiger partial charge is 0.396 e. The van der Waals surface area contributed by atoms with E-state index >= 15 is 0 Å². The lowest BCUT2D eigenvalue weighted by Crippen LogP contribution is -2.18. The van der Waals surface area contributed by atoms with E-state index in [4.69, 9.17) is 16.0 Å². The quantitative estimate of drug-likeness (QED) is 0.826. The molecule has 0 radical (unpaired) electrons. The van der Waals surface area contributed by atoms with Crippen molar-refractivity contribution < 1.29 is 4.52 Å². The summed E-state index contributed by atoms with van der Waals surface area (Å²) in [6.07, 6.45) is 0. The summed E-state index contributed by atoms with van der Waals surface area (Å²) in [5.74, 6) is 1.88. The molecule has 2 aromatic rings. The summed E-state index contributed by atoms with van der Waals surface area (Å²) in [7, 11) is 1.90. The van der Waals surface area contributed by atoms with E-state index in [9.17, 15) is 0 Å². The van der Waals surface area contributed by atoms with Crippen molar-refractivity contribution >= 4 is 17.3 Å². The van der Waals surface area contributed by atoms with Crippen LogP contribution in [0.4, 0.5) is 17.3 Å². The van der Waals surface area contributed by atoms with E-state index in [-0.39, 0.29) is 0 Å². The SMILES string of the molecule is Cc1cc(CN(C)c2ccc(N)c(N)n2)no1. The molecule has 4 N–H and O–H groups in total. The van der Waals surface area contributed by atoms with Gasteiger partial charge >= 0.3 is 0 Å². The van der Waals surface area contributed by atoms with Crippen molar-refractivity contribution in [3.63, 3.8) is 0 Å². The monoisotopic (exact) mass is 233 g/mol. The fourth-order valence-electron chi connectivity index (χ4n) is 1.50. The summed E-state index contributed by atoms with van der Waals surface area (Å²) in [6, 6.07) is 5.44. The molecule has 6 heteroatoms. The Kier molecular flexibility index (Phi) is 2.86. The van der Waals surface area contributed by atoms with Crippen LogP contribution in [0.15, 0.2) is 22.7 Å². The molecular formula is C11H15N5O. The van der Waals surface area contributed by atoms with Gasteiger partial charge in [-0.1, -0.05) is 5.16 Å². The van der Waals surface area contributed by atoms with Crippen LogP contribution in [0, 0.1) is 6.92 Å². The van der Waals surface area contributed by atoms with E-state index in [1.165, 1.54) is 0 Å². The number of anilines is 3. The molecule has 6 nitrogen and oxygen atoms in total. The maximum Gasteiger partial charge on any atom is 0.149 e. The van der Waals surface area contributed by atoms with Crippen molar-refractivity contribution in [1.82, 2.24) is 10.1 Å². The number of nitrogens with two attached hydrogens (primary N) is 2. The number of rotatable bonds is 3. The Balaban J connectivity index is 2.14. The number of hydrogen-bond donors (Lipinski definition) is 2. The molecule has 0 bridgehead atoms. The predicted octanol–water partition coefficient (Wildman–Crippen LogP) is 1.18. The number of aryl methyl sites for hydroxylation is 1. The molecule has 0 saturated carbocycles. The second-order valence-corrected chi connectivity index (χ2v) is 3.93. The first-order valence-electron chi connectivity index (χ1n) is 5.21. The number of aromatic nitrogens is 2. The standard InChI is InChI=1S/C11H15N5O/c1-7-5-8(15-17-7)6-16(2)10-4-3-9(12)11(13)14-10/h3-5H,6,12H2,1-2H3,(H2,13,14). The van der Waals surface area contributed by atoms with Crippen molar-refractivity contribution in [1.29, 1.82) is 0 Å². The lowest BCUT2D eigenvalue weighted by molar-refractivity contribution is 0.390. The average Bonchev–Trinajstić information content (AvgIpc) is 2.68. The molecule has 0 spiro atoms. The van der Waals surface area contributed by atoms with Crippen molar-refractivity contribution in [3.05, 3.63) is 29.7 Å². The molecule has 90 valence electrons. The number of pyridine rings is 1. The summed E-state index contributed by atoms with van der Waals surface area (Å²) in [5.41, 5.74) is 12.6. The van der Waals surface area contributed by atoms with Gasteiger partial charge < -0.3 is 20.9 Å². The Hall–Kier alpha value is -2.24.